The lowest BCUT2D eigenvalue weighted by Gasteiger charge is -2.64. The minimum atomic E-state index is -1.72. The van der Waals surface area contributed by atoms with Crippen LogP contribution in [-0.2, 0) is 37.9 Å². The fourth-order valence-electron chi connectivity index (χ4n) is 13.9. The van der Waals surface area contributed by atoms with Crippen molar-refractivity contribution in [2.24, 2.45) is 40.4 Å². The van der Waals surface area contributed by atoms with Gasteiger partial charge in [-0.25, -0.2) is 0 Å². The smallest absolute Gasteiger partial charge is 0.187 e. The summed E-state index contributed by atoms with van der Waals surface area (Å²) in [7, 11) is 1.64. The molecule has 0 bridgehead atoms. The van der Waals surface area contributed by atoms with Gasteiger partial charge in [-0.3, -0.25) is 0 Å². The first kappa shape index (κ1) is 50.4. The van der Waals surface area contributed by atoms with Gasteiger partial charge in [-0.05, 0) is 75.0 Å². The molecule has 0 spiro atoms. The first-order valence-corrected chi connectivity index (χ1v) is 23.9. The van der Waals surface area contributed by atoms with Crippen LogP contribution in [0.4, 0.5) is 0 Å². The van der Waals surface area contributed by atoms with Crippen molar-refractivity contribution >= 4 is 0 Å². The van der Waals surface area contributed by atoms with E-state index in [-0.39, 0.29) is 47.7 Å². The molecule has 0 radical (unpaired) electrons. The van der Waals surface area contributed by atoms with Crippen molar-refractivity contribution in [3.05, 3.63) is 11.6 Å². The zero-order valence-corrected chi connectivity index (χ0v) is 38.4. The zero-order valence-electron chi connectivity index (χ0n) is 38.4. The maximum atomic E-state index is 12.2. The van der Waals surface area contributed by atoms with E-state index in [0.29, 0.717) is 38.5 Å². The van der Waals surface area contributed by atoms with Gasteiger partial charge in [0.05, 0.1) is 43.7 Å². The van der Waals surface area contributed by atoms with Crippen molar-refractivity contribution in [1.29, 1.82) is 0 Å². The number of allylic oxidation sites excluding steroid dienone is 1. The molecule has 4 aliphatic carbocycles. The molecule has 4 saturated heterocycles. The van der Waals surface area contributed by atoms with E-state index in [2.05, 4.69) is 26.8 Å². The number of methoxy groups -OCH3 is 1. The van der Waals surface area contributed by atoms with Crippen LogP contribution in [0.25, 0.3) is 0 Å². The van der Waals surface area contributed by atoms with Crippen LogP contribution >= 0.6 is 0 Å². The number of fused-ring (bicyclic) bond motifs is 7. The molecule has 65 heavy (non-hydrogen) atoms. The Bertz CT molecular complexity index is 1670. The van der Waals surface area contributed by atoms with E-state index < -0.39 is 128 Å². The largest absolute Gasteiger partial charge is 0.394 e. The molecule has 374 valence electrons. The van der Waals surface area contributed by atoms with Crippen molar-refractivity contribution in [2.45, 2.75) is 208 Å². The third-order valence-corrected chi connectivity index (χ3v) is 17.8. The van der Waals surface area contributed by atoms with E-state index in [9.17, 15) is 56.2 Å². The van der Waals surface area contributed by atoms with E-state index in [0.717, 1.165) is 19.3 Å². The summed E-state index contributed by atoms with van der Waals surface area (Å²) >= 11 is 0. The Balaban J connectivity index is 1.06. The third kappa shape index (κ3) is 8.30. The molecule has 4 heterocycles. The summed E-state index contributed by atoms with van der Waals surface area (Å²) in [5, 5.41) is 117. The zero-order chi connectivity index (χ0) is 47.1. The summed E-state index contributed by atoms with van der Waals surface area (Å²) in [6, 6.07) is 0. The monoisotopic (exact) mass is 932 g/mol. The maximum absolute atomic E-state index is 12.2. The van der Waals surface area contributed by atoms with Crippen molar-refractivity contribution in [3.8, 4) is 0 Å². The SMILES string of the molecule is CO[C@]1(CC[C@@H](C)CO[C@@H]2O[C@H](CO)[C@@H](O)[C@H](O)[C@H]2O)O[C@H]2CC3(O[C@@H]4O[C@H](CO)[C@@H](O)[C@H](O[C@@H]5O[C@@H](C)[C@H](O)[C@@H](O)[C@H]5O)[C@H]4O)[C@@H]4CC=C5C[C@@H](O)CC[C@]5(C)[C@H]4CC[C@]3(C)[C@H]2[C@@H]1C. The molecule has 0 aromatic heterocycles. The van der Waals surface area contributed by atoms with E-state index in [1.165, 1.54) is 12.5 Å². The van der Waals surface area contributed by atoms with Crippen LogP contribution in [0.1, 0.15) is 92.4 Å². The topological polar surface area (TPSA) is 296 Å². The van der Waals surface area contributed by atoms with Gasteiger partial charge in [-0.1, -0.05) is 39.3 Å². The van der Waals surface area contributed by atoms with Gasteiger partial charge in [0.2, 0.25) is 0 Å². The molecular weight excluding hydrogens is 856 g/mol. The number of aliphatic hydroxyl groups excluding tert-OH is 11. The van der Waals surface area contributed by atoms with Crippen molar-refractivity contribution in [3.63, 3.8) is 0 Å². The average Bonchev–Trinajstić information content (AvgIpc) is 3.71. The number of hydrogen-bond donors (Lipinski definition) is 11. The van der Waals surface area contributed by atoms with Gasteiger partial charge in [-0.15, -0.1) is 0 Å². The van der Waals surface area contributed by atoms with E-state index in [1.54, 1.807) is 7.11 Å². The molecular formula is C46H76O19. The lowest BCUT2D eigenvalue weighted by Crippen LogP contribution is -2.68. The predicted octanol–water partition coefficient (Wildman–Crippen LogP) is -1.06. The highest BCUT2D eigenvalue weighted by Crippen LogP contribution is 2.73. The Morgan fingerprint density at radius 2 is 1.42 bits per heavy atom. The van der Waals surface area contributed by atoms with Crippen molar-refractivity contribution in [1.82, 2.24) is 0 Å². The molecule has 3 saturated carbocycles. The molecule has 1 unspecified atom stereocenters. The number of ether oxygens (including phenoxy) is 8. The Kier molecular flexibility index (Phi) is 14.7. The van der Waals surface area contributed by atoms with Gasteiger partial charge in [0.25, 0.3) is 0 Å². The fourth-order valence-corrected chi connectivity index (χ4v) is 13.9. The van der Waals surface area contributed by atoms with Crippen LogP contribution in [0.2, 0.25) is 0 Å². The Morgan fingerprint density at radius 1 is 0.754 bits per heavy atom. The molecule has 26 atom stereocenters. The molecule has 11 N–H and O–H groups in total. The summed E-state index contributed by atoms with van der Waals surface area (Å²) in [6.45, 7) is 9.04. The van der Waals surface area contributed by atoms with Crippen LogP contribution in [0.5, 0.6) is 0 Å². The number of aliphatic hydroxyl groups is 11. The summed E-state index contributed by atoms with van der Waals surface area (Å²) < 4.78 is 50.4. The van der Waals surface area contributed by atoms with Crippen LogP contribution in [0, 0.1) is 40.4 Å². The fraction of sp³-hybridized carbons (Fsp3) is 0.957. The molecule has 0 aromatic rings. The van der Waals surface area contributed by atoms with Gasteiger partial charge in [0, 0.05) is 37.2 Å². The molecule has 19 heteroatoms. The Labute approximate surface area is 380 Å². The van der Waals surface area contributed by atoms with E-state index >= 15 is 0 Å². The van der Waals surface area contributed by atoms with Crippen LogP contribution in [0.3, 0.4) is 0 Å². The van der Waals surface area contributed by atoms with Gasteiger partial charge in [0.1, 0.15) is 67.1 Å². The van der Waals surface area contributed by atoms with Crippen LogP contribution in [0.15, 0.2) is 11.6 Å². The van der Waals surface area contributed by atoms with Gasteiger partial charge < -0.3 is 94.1 Å². The second kappa shape index (κ2) is 19.0. The first-order chi connectivity index (χ1) is 30.7. The molecule has 0 aromatic carbocycles. The average molecular weight is 933 g/mol. The van der Waals surface area contributed by atoms with Crippen LogP contribution < -0.4 is 0 Å². The minimum absolute atomic E-state index is 0.0938. The second-order valence-corrected chi connectivity index (χ2v) is 21.3. The lowest BCUT2D eigenvalue weighted by molar-refractivity contribution is -0.383. The van der Waals surface area contributed by atoms with Crippen LogP contribution in [-0.4, -0.2) is 199 Å². The van der Waals surface area contributed by atoms with Gasteiger partial charge in [0.15, 0.2) is 24.7 Å². The minimum Gasteiger partial charge on any atom is -0.394 e. The Morgan fingerprint density at radius 3 is 2.11 bits per heavy atom. The quantitative estimate of drug-likeness (QED) is 0.0982. The third-order valence-electron chi connectivity index (χ3n) is 17.8. The van der Waals surface area contributed by atoms with Gasteiger partial charge in [-0.2, -0.15) is 0 Å². The molecule has 8 rings (SSSR count). The molecule has 4 aliphatic heterocycles. The first-order valence-electron chi connectivity index (χ1n) is 23.9. The maximum Gasteiger partial charge on any atom is 0.187 e. The summed E-state index contributed by atoms with van der Waals surface area (Å²) in [4.78, 5) is 0. The number of rotatable bonds is 13. The number of hydrogen-bond acceptors (Lipinski definition) is 19. The molecule has 7 fully saturated rings. The van der Waals surface area contributed by atoms with E-state index in [4.69, 9.17) is 37.9 Å². The molecule has 19 nitrogen and oxygen atoms in total. The molecule has 8 aliphatic rings. The highest BCUT2D eigenvalue weighted by Gasteiger charge is 2.76. The normalized spacial score (nSPS) is 54.8. The van der Waals surface area contributed by atoms with Crippen molar-refractivity contribution < 1.29 is 94.1 Å². The lowest BCUT2D eigenvalue weighted by atomic mass is 9.45. The van der Waals surface area contributed by atoms with Crippen molar-refractivity contribution in [2.75, 3.05) is 26.9 Å². The highest BCUT2D eigenvalue weighted by atomic mass is 16.7. The summed E-state index contributed by atoms with van der Waals surface area (Å²) in [5.74, 6) is -1.34. The second-order valence-electron chi connectivity index (χ2n) is 21.3. The summed E-state index contributed by atoms with van der Waals surface area (Å²) in [6.07, 6.45) is -14.3. The molecule has 0 amide bonds. The highest BCUT2D eigenvalue weighted by molar-refractivity contribution is 5.30. The predicted molar refractivity (Wildman–Crippen MR) is 224 cm³/mol. The Hall–Kier alpha value is -1.02. The van der Waals surface area contributed by atoms with Gasteiger partial charge >= 0.3 is 0 Å². The summed E-state index contributed by atoms with van der Waals surface area (Å²) in [5.41, 5.74) is -0.567. The van der Waals surface area contributed by atoms with E-state index in [1.807, 2.05) is 6.92 Å². The standard InChI is InChI=1S/C46H76O19/c1-20(19-59-40-36(55)35(54)32(51)28(17-47)61-40)9-14-46(58-6)21(2)30-27(64-46)16-45(26-8-7-23-15-24(49)10-12-43(23,4)25(26)11-13-44(30,45)5)65-42-38(57)39(33(52)29(18-48)62-42)63-41-37(56)34(53)31(50)22(3)60-41/h7,20-22,24-42,47-57H,8-19H2,1-6H3/t20-,21+,22+,24+,25+,26-,27+,28-,29-,30+,31+,32-,33-,34-,35+,36-,37-,38-,39+,40-,41+,42+,43+,44-,45?,46-/m1/s1.